The molecule has 0 fully saturated rings. The summed E-state index contributed by atoms with van der Waals surface area (Å²) in [5, 5.41) is 2.18. The summed E-state index contributed by atoms with van der Waals surface area (Å²) in [6, 6.07) is 9.63. The quantitative estimate of drug-likeness (QED) is 0.395. The maximum Gasteiger partial charge on any atom is 0.452 e. The first-order chi connectivity index (χ1) is 20.3. The zero-order chi connectivity index (χ0) is 31.9. The predicted molar refractivity (Wildman–Crippen MR) is 150 cm³/mol. The number of ether oxygens (including phenoxy) is 3. The fourth-order valence-electron chi connectivity index (χ4n) is 4.74. The number of rotatable bonds is 12. The van der Waals surface area contributed by atoms with E-state index >= 15 is 0 Å². The van der Waals surface area contributed by atoms with Crippen LogP contribution in [-0.2, 0) is 30.3 Å². The lowest BCUT2D eigenvalue weighted by molar-refractivity contribution is -0.173. The first kappa shape index (κ1) is 33.1. The first-order valence-corrected chi connectivity index (χ1v) is 13.3. The topological polar surface area (TPSA) is 114 Å². The van der Waals surface area contributed by atoms with Crippen LogP contribution in [0.3, 0.4) is 0 Å². The summed E-state index contributed by atoms with van der Waals surface area (Å²) < 4.78 is 56.0. The number of alkyl halides is 3. The summed E-state index contributed by atoms with van der Waals surface area (Å²) in [5.41, 5.74) is 0.852. The minimum Gasteiger partial charge on any atom is -0.493 e. The Labute approximate surface area is 247 Å². The van der Waals surface area contributed by atoms with Crippen molar-refractivity contribution < 1.29 is 46.6 Å². The van der Waals surface area contributed by atoms with E-state index in [1.54, 1.807) is 44.2 Å². The van der Waals surface area contributed by atoms with Crippen molar-refractivity contribution in [3.05, 3.63) is 65.9 Å². The normalized spacial score (nSPS) is 16.1. The van der Waals surface area contributed by atoms with Crippen molar-refractivity contribution in [1.82, 2.24) is 15.1 Å². The Morgan fingerprint density at radius 1 is 0.977 bits per heavy atom. The van der Waals surface area contributed by atoms with Crippen LogP contribution in [0.4, 0.5) is 13.2 Å². The van der Waals surface area contributed by atoms with Crippen LogP contribution in [0, 0.1) is 5.92 Å². The van der Waals surface area contributed by atoms with Crippen molar-refractivity contribution in [1.29, 1.82) is 0 Å². The molecule has 3 amide bonds. The van der Waals surface area contributed by atoms with Gasteiger partial charge < -0.3 is 24.4 Å². The highest BCUT2D eigenvalue weighted by Crippen LogP contribution is 2.35. The molecule has 43 heavy (non-hydrogen) atoms. The lowest BCUT2D eigenvalue weighted by atomic mass is 9.96. The highest BCUT2D eigenvalue weighted by Gasteiger charge is 2.45. The van der Waals surface area contributed by atoms with Crippen LogP contribution in [0.5, 0.6) is 11.5 Å². The standard InChI is InChI=1S/C30H34F3N3O7/c1-18(2)27-29(40)35(16-25(37)34-21(28(39)30(31,32)33)13-19-9-7-6-8-10-19)22(15-36(27)26(38)17-41-3)20-11-12-23(42-4)24(14-20)43-5/h6-12,14-15,18,21,27H,13,16-17H2,1-5H3,(H,34,37)/t21-,27-/m0/s1. The third-order valence-corrected chi connectivity index (χ3v) is 6.75. The second-order valence-electron chi connectivity index (χ2n) is 10.1. The Morgan fingerprint density at radius 2 is 1.63 bits per heavy atom. The lowest BCUT2D eigenvalue weighted by Crippen LogP contribution is -2.57. The van der Waals surface area contributed by atoms with Gasteiger partial charge in [-0.2, -0.15) is 13.2 Å². The molecule has 0 saturated carbocycles. The lowest BCUT2D eigenvalue weighted by Gasteiger charge is -2.41. The average molecular weight is 606 g/mol. The summed E-state index contributed by atoms with van der Waals surface area (Å²) in [6.07, 6.45) is -4.22. The largest absolute Gasteiger partial charge is 0.493 e. The molecule has 10 nitrogen and oxygen atoms in total. The molecule has 0 aliphatic carbocycles. The number of nitrogens with zero attached hydrogens (tertiary/aromatic N) is 2. The van der Waals surface area contributed by atoms with Gasteiger partial charge in [0.1, 0.15) is 25.2 Å². The summed E-state index contributed by atoms with van der Waals surface area (Å²) in [6.45, 7) is 2.36. The molecule has 0 unspecified atom stereocenters. The summed E-state index contributed by atoms with van der Waals surface area (Å²) in [4.78, 5) is 54.8. The minimum absolute atomic E-state index is 0.101. The van der Waals surface area contributed by atoms with Crippen molar-refractivity contribution in [2.75, 3.05) is 34.5 Å². The third-order valence-electron chi connectivity index (χ3n) is 6.75. The van der Waals surface area contributed by atoms with E-state index < -0.39 is 60.6 Å². The smallest absolute Gasteiger partial charge is 0.452 e. The third kappa shape index (κ3) is 7.92. The van der Waals surface area contributed by atoms with Gasteiger partial charge in [-0.15, -0.1) is 0 Å². The maximum atomic E-state index is 13.9. The second-order valence-corrected chi connectivity index (χ2v) is 10.1. The average Bonchev–Trinajstić information content (AvgIpc) is 2.96. The Morgan fingerprint density at radius 3 is 2.19 bits per heavy atom. The van der Waals surface area contributed by atoms with Gasteiger partial charge in [-0.1, -0.05) is 44.2 Å². The predicted octanol–water partition coefficient (Wildman–Crippen LogP) is 3.20. The number of halogens is 3. The van der Waals surface area contributed by atoms with E-state index in [4.69, 9.17) is 14.2 Å². The van der Waals surface area contributed by atoms with Crippen LogP contribution >= 0.6 is 0 Å². The zero-order valence-electron chi connectivity index (χ0n) is 24.4. The van der Waals surface area contributed by atoms with Gasteiger partial charge in [0.2, 0.25) is 5.91 Å². The molecule has 0 spiro atoms. The van der Waals surface area contributed by atoms with Crippen molar-refractivity contribution in [2.24, 2.45) is 5.92 Å². The van der Waals surface area contributed by atoms with Gasteiger partial charge in [0.15, 0.2) is 11.5 Å². The summed E-state index contributed by atoms with van der Waals surface area (Å²) in [5.74, 6) is -4.05. The van der Waals surface area contributed by atoms with Gasteiger partial charge in [0, 0.05) is 25.3 Å². The molecule has 1 heterocycles. The number of Topliss-reactive ketones (excluding diaryl/α,β-unsaturated/α-hetero) is 1. The molecule has 0 bridgehead atoms. The number of hydrogen-bond donors (Lipinski definition) is 1. The molecule has 2 atom stereocenters. The number of methoxy groups -OCH3 is 3. The second kappa shape index (κ2) is 14.2. The first-order valence-electron chi connectivity index (χ1n) is 13.3. The van der Waals surface area contributed by atoms with Gasteiger partial charge in [0.25, 0.3) is 17.6 Å². The summed E-state index contributed by atoms with van der Waals surface area (Å²) in [7, 11) is 4.17. The Hall–Kier alpha value is -4.39. The van der Waals surface area contributed by atoms with Crippen LogP contribution in [0.15, 0.2) is 54.7 Å². The van der Waals surface area contributed by atoms with Gasteiger partial charge in [-0.25, -0.2) is 0 Å². The molecule has 0 saturated heterocycles. The SMILES string of the molecule is COCC(=O)N1C=C(c2ccc(OC)c(OC)c2)N(CC(=O)N[C@@H](Cc2ccccc2)C(=O)C(F)(F)F)C(=O)[C@@H]1C(C)C. The minimum atomic E-state index is -5.21. The molecule has 232 valence electrons. The molecule has 2 aromatic rings. The monoisotopic (exact) mass is 605 g/mol. The van der Waals surface area contributed by atoms with Crippen LogP contribution in [0.1, 0.15) is 25.0 Å². The van der Waals surface area contributed by atoms with Gasteiger partial charge in [-0.05, 0) is 29.7 Å². The van der Waals surface area contributed by atoms with Crippen molar-refractivity contribution in [2.45, 2.75) is 38.5 Å². The van der Waals surface area contributed by atoms with Crippen LogP contribution in [0.2, 0.25) is 0 Å². The zero-order valence-corrected chi connectivity index (χ0v) is 24.4. The van der Waals surface area contributed by atoms with E-state index in [0.717, 1.165) is 4.90 Å². The number of carbonyl (C=O) groups excluding carboxylic acids is 4. The molecule has 0 aromatic heterocycles. The van der Waals surface area contributed by atoms with Gasteiger partial charge >= 0.3 is 6.18 Å². The number of carbonyl (C=O) groups is 4. The molecule has 13 heteroatoms. The van der Waals surface area contributed by atoms with Crippen molar-refractivity contribution >= 4 is 29.2 Å². The van der Waals surface area contributed by atoms with Crippen LogP contribution in [-0.4, -0.2) is 86.0 Å². The van der Waals surface area contributed by atoms with Gasteiger partial charge in [-0.3, -0.25) is 24.1 Å². The molecule has 3 rings (SSSR count). The molecule has 0 radical (unpaired) electrons. The molecule has 2 aromatic carbocycles. The molecular weight excluding hydrogens is 571 g/mol. The highest BCUT2D eigenvalue weighted by atomic mass is 19.4. The Bertz CT molecular complexity index is 1360. The fourth-order valence-corrected chi connectivity index (χ4v) is 4.74. The number of hydrogen-bond acceptors (Lipinski definition) is 7. The Kier molecular flexibility index (Phi) is 10.9. The van der Waals surface area contributed by atoms with E-state index in [-0.39, 0.29) is 18.1 Å². The molecule has 1 aliphatic heterocycles. The fraction of sp³-hybridized carbons (Fsp3) is 0.400. The van der Waals surface area contributed by atoms with E-state index in [9.17, 15) is 32.3 Å². The molecular formula is C30H34F3N3O7. The maximum absolute atomic E-state index is 13.9. The number of nitrogens with one attached hydrogen (secondary N) is 1. The number of ketones is 1. The van der Waals surface area contributed by atoms with E-state index in [0.29, 0.717) is 16.9 Å². The highest BCUT2D eigenvalue weighted by molar-refractivity contribution is 6.01. The van der Waals surface area contributed by atoms with Gasteiger partial charge in [0.05, 0.1) is 19.9 Å². The van der Waals surface area contributed by atoms with E-state index in [1.165, 1.54) is 50.6 Å². The van der Waals surface area contributed by atoms with Crippen molar-refractivity contribution in [3.63, 3.8) is 0 Å². The number of amides is 3. The van der Waals surface area contributed by atoms with Crippen molar-refractivity contribution in [3.8, 4) is 11.5 Å². The van der Waals surface area contributed by atoms with E-state index in [1.807, 2.05) is 0 Å². The van der Waals surface area contributed by atoms with Crippen LogP contribution in [0.25, 0.3) is 5.70 Å². The van der Waals surface area contributed by atoms with E-state index in [2.05, 4.69) is 5.32 Å². The summed E-state index contributed by atoms with van der Waals surface area (Å²) >= 11 is 0. The Balaban J connectivity index is 2.04. The number of benzene rings is 2. The van der Waals surface area contributed by atoms with Crippen LogP contribution < -0.4 is 14.8 Å². The molecule has 1 N–H and O–H groups in total. The molecule has 1 aliphatic rings.